The highest BCUT2D eigenvalue weighted by Crippen LogP contribution is 2.27. The molecular formula is C19H20N2O2. The summed E-state index contributed by atoms with van der Waals surface area (Å²) in [7, 11) is 0. The molecule has 0 aromatic heterocycles. The molecule has 2 aliphatic rings. The molecule has 0 aliphatic carbocycles. The third kappa shape index (κ3) is 2.87. The van der Waals surface area contributed by atoms with Gasteiger partial charge in [0.1, 0.15) is 6.04 Å². The highest BCUT2D eigenvalue weighted by atomic mass is 16.5. The van der Waals surface area contributed by atoms with Crippen LogP contribution in [0, 0.1) is 0 Å². The van der Waals surface area contributed by atoms with Crippen molar-refractivity contribution in [3.63, 3.8) is 0 Å². The molecule has 4 heteroatoms. The Balaban J connectivity index is 1.67. The smallest absolute Gasteiger partial charge is 0.241 e. The first-order valence-corrected chi connectivity index (χ1v) is 8.12. The van der Waals surface area contributed by atoms with Crippen molar-refractivity contribution in [1.82, 2.24) is 10.6 Å². The van der Waals surface area contributed by atoms with E-state index in [4.69, 9.17) is 4.74 Å². The third-order valence-corrected chi connectivity index (χ3v) is 4.57. The molecule has 1 atom stereocenters. The molecule has 2 aromatic carbocycles. The molecule has 0 spiro atoms. The van der Waals surface area contributed by atoms with E-state index in [2.05, 4.69) is 41.0 Å². The van der Waals surface area contributed by atoms with Crippen LogP contribution in [0.1, 0.15) is 22.7 Å². The quantitative estimate of drug-likeness (QED) is 0.894. The Morgan fingerprint density at radius 1 is 1.00 bits per heavy atom. The van der Waals surface area contributed by atoms with E-state index in [1.165, 1.54) is 16.7 Å². The van der Waals surface area contributed by atoms with Gasteiger partial charge < -0.3 is 15.4 Å². The molecule has 0 saturated carbocycles. The number of carbonyl (C=O) groups excluding carboxylic acids is 1. The average molecular weight is 308 g/mol. The molecule has 2 N–H and O–H groups in total. The normalized spacial score (nSPS) is 20.7. The highest BCUT2D eigenvalue weighted by Gasteiger charge is 2.23. The molecule has 23 heavy (non-hydrogen) atoms. The lowest BCUT2D eigenvalue weighted by Crippen LogP contribution is -2.47. The van der Waals surface area contributed by atoms with Gasteiger partial charge in [-0.05, 0) is 40.3 Å². The zero-order chi connectivity index (χ0) is 15.6. The molecule has 1 amide bonds. The molecule has 1 unspecified atom stereocenters. The monoisotopic (exact) mass is 308 g/mol. The predicted octanol–water partition coefficient (Wildman–Crippen LogP) is 2.19. The Morgan fingerprint density at radius 2 is 1.91 bits per heavy atom. The Hall–Kier alpha value is -2.17. The van der Waals surface area contributed by atoms with E-state index in [1.54, 1.807) is 0 Å². The number of benzene rings is 2. The first kappa shape index (κ1) is 14.4. The fraction of sp³-hybridized carbons (Fsp3) is 0.316. The Labute approximate surface area is 135 Å². The zero-order valence-electron chi connectivity index (χ0n) is 13.0. The van der Waals surface area contributed by atoms with Gasteiger partial charge in [0.15, 0.2) is 0 Å². The van der Waals surface area contributed by atoms with Crippen molar-refractivity contribution in [3.8, 4) is 11.1 Å². The summed E-state index contributed by atoms with van der Waals surface area (Å²) < 4.78 is 5.50. The number of hydrogen-bond acceptors (Lipinski definition) is 3. The first-order valence-electron chi connectivity index (χ1n) is 8.12. The van der Waals surface area contributed by atoms with E-state index < -0.39 is 0 Å². The highest BCUT2D eigenvalue weighted by molar-refractivity contribution is 5.84. The van der Waals surface area contributed by atoms with Crippen LogP contribution in [0.2, 0.25) is 0 Å². The van der Waals surface area contributed by atoms with Gasteiger partial charge in [-0.25, -0.2) is 0 Å². The van der Waals surface area contributed by atoms with E-state index in [-0.39, 0.29) is 11.9 Å². The number of fused-ring (bicyclic) bond motifs is 1. The molecule has 4 nitrogen and oxygen atoms in total. The second kappa shape index (κ2) is 6.14. The molecular weight excluding hydrogens is 288 g/mol. The number of rotatable bonds is 2. The van der Waals surface area contributed by atoms with E-state index in [9.17, 15) is 4.79 Å². The van der Waals surface area contributed by atoms with Gasteiger partial charge in [0, 0.05) is 13.1 Å². The van der Waals surface area contributed by atoms with Crippen LogP contribution in [0.25, 0.3) is 11.1 Å². The molecule has 2 heterocycles. The van der Waals surface area contributed by atoms with Gasteiger partial charge in [-0.2, -0.15) is 0 Å². The molecule has 1 saturated heterocycles. The topological polar surface area (TPSA) is 50.4 Å². The molecule has 0 radical (unpaired) electrons. The van der Waals surface area contributed by atoms with E-state index in [1.807, 2.05) is 12.1 Å². The summed E-state index contributed by atoms with van der Waals surface area (Å²) in [5.41, 5.74) is 6.01. The van der Waals surface area contributed by atoms with Crippen molar-refractivity contribution in [2.45, 2.75) is 19.1 Å². The number of hydrogen-bond donors (Lipinski definition) is 2. The maximum absolute atomic E-state index is 12.0. The number of piperazine rings is 1. The van der Waals surface area contributed by atoms with E-state index >= 15 is 0 Å². The van der Waals surface area contributed by atoms with Crippen molar-refractivity contribution < 1.29 is 9.53 Å². The lowest BCUT2D eigenvalue weighted by molar-refractivity contribution is -0.124. The van der Waals surface area contributed by atoms with Gasteiger partial charge >= 0.3 is 0 Å². The van der Waals surface area contributed by atoms with Crippen LogP contribution in [-0.2, 0) is 22.6 Å². The van der Waals surface area contributed by atoms with E-state index in [0.717, 1.165) is 30.7 Å². The second-order valence-corrected chi connectivity index (χ2v) is 6.09. The standard InChI is InChI=1S/C19H20N2O2/c22-19-18(20-7-8-21-19)16-3-1-2-13(11-16)14-4-5-17-12-23-9-6-15(17)10-14/h1-5,10-11,18,20H,6-9,12H2,(H,21,22). The molecule has 0 bridgehead atoms. The number of carbonyl (C=O) groups is 1. The fourth-order valence-corrected chi connectivity index (χ4v) is 3.31. The fourth-order valence-electron chi connectivity index (χ4n) is 3.31. The van der Waals surface area contributed by atoms with Gasteiger partial charge in [0.2, 0.25) is 5.91 Å². The summed E-state index contributed by atoms with van der Waals surface area (Å²) in [6.07, 6.45) is 0.968. The maximum atomic E-state index is 12.0. The minimum absolute atomic E-state index is 0.0518. The van der Waals surface area contributed by atoms with Crippen LogP contribution in [0.4, 0.5) is 0 Å². The molecule has 4 rings (SSSR count). The van der Waals surface area contributed by atoms with Crippen molar-refractivity contribution in [3.05, 3.63) is 59.2 Å². The van der Waals surface area contributed by atoms with Crippen LogP contribution in [0.5, 0.6) is 0 Å². The maximum Gasteiger partial charge on any atom is 0.241 e. The van der Waals surface area contributed by atoms with Crippen molar-refractivity contribution in [2.75, 3.05) is 19.7 Å². The number of amides is 1. The van der Waals surface area contributed by atoms with Crippen LogP contribution in [0.15, 0.2) is 42.5 Å². The Morgan fingerprint density at radius 3 is 2.83 bits per heavy atom. The largest absolute Gasteiger partial charge is 0.376 e. The van der Waals surface area contributed by atoms with Crippen LogP contribution in [-0.4, -0.2) is 25.6 Å². The zero-order valence-corrected chi connectivity index (χ0v) is 13.0. The molecule has 2 aromatic rings. The van der Waals surface area contributed by atoms with Crippen LogP contribution in [0.3, 0.4) is 0 Å². The lowest BCUT2D eigenvalue weighted by Gasteiger charge is -2.24. The SMILES string of the molecule is O=C1NCCNC1c1cccc(-c2ccc3c(c2)CCOC3)c1. The molecule has 1 fully saturated rings. The Bertz CT molecular complexity index is 742. The Kier molecular flexibility index (Phi) is 3.85. The average Bonchev–Trinajstić information content (AvgIpc) is 2.62. The summed E-state index contributed by atoms with van der Waals surface area (Å²) in [4.78, 5) is 12.0. The minimum atomic E-state index is -0.255. The number of ether oxygens (including phenoxy) is 1. The summed E-state index contributed by atoms with van der Waals surface area (Å²) in [6.45, 7) is 3.01. The van der Waals surface area contributed by atoms with Crippen molar-refractivity contribution in [1.29, 1.82) is 0 Å². The number of nitrogens with one attached hydrogen (secondary N) is 2. The van der Waals surface area contributed by atoms with Gasteiger partial charge in [0.05, 0.1) is 13.2 Å². The van der Waals surface area contributed by atoms with Crippen LogP contribution >= 0.6 is 0 Å². The van der Waals surface area contributed by atoms with Gasteiger partial charge in [-0.15, -0.1) is 0 Å². The van der Waals surface area contributed by atoms with Gasteiger partial charge in [-0.1, -0.05) is 36.4 Å². The second-order valence-electron chi connectivity index (χ2n) is 6.09. The first-order chi connectivity index (χ1) is 11.3. The lowest BCUT2D eigenvalue weighted by atomic mass is 9.94. The summed E-state index contributed by atoms with van der Waals surface area (Å²) in [5, 5.41) is 6.20. The summed E-state index contributed by atoms with van der Waals surface area (Å²) in [6, 6.07) is 14.5. The van der Waals surface area contributed by atoms with Crippen molar-refractivity contribution in [2.24, 2.45) is 0 Å². The minimum Gasteiger partial charge on any atom is -0.376 e. The predicted molar refractivity (Wildman–Crippen MR) is 89.0 cm³/mol. The van der Waals surface area contributed by atoms with E-state index in [0.29, 0.717) is 13.2 Å². The van der Waals surface area contributed by atoms with Crippen LogP contribution < -0.4 is 10.6 Å². The third-order valence-electron chi connectivity index (χ3n) is 4.57. The van der Waals surface area contributed by atoms with Gasteiger partial charge in [-0.3, -0.25) is 4.79 Å². The molecule has 2 aliphatic heterocycles. The summed E-state index contributed by atoms with van der Waals surface area (Å²) in [5.74, 6) is 0.0518. The summed E-state index contributed by atoms with van der Waals surface area (Å²) >= 11 is 0. The van der Waals surface area contributed by atoms with Gasteiger partial charge in [0.25, 0.3) is 0 Å². The van der Waals surface area contributed by atoms with Crippen molar-refractivity contribution >= 4 is 5.91 Å². The molecule has 118 valence electrons.